The number of fused-ring (bicyclic) bond motifs is 1. The minimum absolute atomic E-state index is 0.148. The van der Waals surface area contributed by atoms with Gasteiger partial charge in [0, 0.05) is 17.9 Å². The first-order chi connectivity index (χ1) is 16.4. The van der Waals surface area contributed by atoms with Crippen LogP contribution in [0.2, 0.25) is 0 Å². The van der Waals surface area contributed by atoms with E-state index in [9.17, 15) is 13.2 Å². The fourth-order valence-electron chi connectivity index (χ4n) is 3.80. The van der Waals surface area contributed by atoms with Crippen molar-refractivity contribution in [1.29, 1.82) is 0 Å². The van der Waals surface area contributed by atoms with Crippen molar-refractivity contribution < 1.29 is 13.2 Å². The second-order valence-electron chi connectivity index (χ2n) is 7.82. The summed E-state index contributed by atoms with van der Waals surface area (Å²) in [5, 5.41) is 7.45. The second-order valence-corrected chi connectivity index (χ2v) is 9.73. The number of hydrogen-bond acceptors (Lipinski definition) is 5. The van der Waals surface area contributed by atoms with Gasteiger partial charge in [0.05, 0.1) is 22.4 Å². The first-order valence-electron chi connectivity index (χ1n) is 10.6. The normalized spacial score (nSPS) is 11.6. The predicted molar refractivity (Wildman–Crippen MR) is 130 cm³/mol. The number of benzene rings is 3. The number of carbonyl (C=O) groups is 1. The smallest absolute Gasteiger partial charge is 0.245 e. The molecule has 0 fully saturated rings. The molecule has 1 amide bonds. The Balaban J connectivity index is 1.52. The zero-order valence-corrected chi connectivity index (χ0v) is 19.1. The maximum Gasteiger partial charge on any atom is 0.245 e. The zero-order chi connectivity index (χ0) is 23.7. The van der Waals surface area contributed by atoms with Crippen molar-refractivity contribution in [2.24, 2.45) is 0 Å². The van der Waals surface area contributed by atoms with Crippen LogP contribution >= 0.6 is 0 Å². The van der Waals surface area contributed by atoms with Gasteiger partial charge in [0.1, 0.15) is 12.4 Å². The molecule has 0 unspecified atom stereocenters. The van der Waals surface area contributed by atoms with E-state index in [0.29, 0.717) is 22.5 Å². The van der Waals surface area contributed by atoms with Crippen LogP contribution in [-0.4, -0.2) is 39.9 Å². The molecule has 2 heterocycles. The van der Waals surface area contributed by atoms with Crippen molar-refractivity contribution in [3.63, 3.8) is 0 Å². The maximum absolute atomic E-state index is 13.1. The number of rotatable bonds is 6. The van der Waals surface area contributed by atoms with Crippen LogP contribution in [-0.2, 0) is 21.2 Å². The molecule has 0 aliphatic heterocycles. The minimum Gasteiger partial charge on any atom is -0.309 e. The van der Waals surface area contributed by atoms with Crippen LogP contribution in [0.4, 0.5) is 5.82 Å². The Bertz CT molecular complexity index is 1590. The molecule has 5 rings (SSSR count). The lowest BCUT2D eigenvalue weighted by molar-refractivity contribution is -0.116. The molecular weight excluding hydrogens is 450 g/mol. The first-order valence-corrected chi connectivity index (χ1v) is 12.5. The van der Waals surface area contributed by atoms with Crippen LogP contribution < -0.4 is 5.32 Å². The van der Waals surface area contributed by atoms with Gasteiger partial charge in [-0.25, -0.2) is 18.1 Å². The Labute approximate surface area is 196 Å². The number of imidazole rings is 1. The van der Waals surface area contributed by atoms with Crippen LogP contribution in [0.15, 0.2) is 96.2 Å². The van der Waals surface area contributed by atoms with E-state index < -0.39 is 15.7 Å². The predicted octanol–water partition coefficient (Wildman–Crippen LogP) is 3.93. The second kappa shape index (κ2) is 8.60. The summed E-state index contributed by atoms with van der Waals surface area (Å²) in [7, 11) is -3.64. The number of nitrogens with zero attached hydrogens (tertiary/aromatic N) is 4. The lowest BCUT2D eigenvalue weighted by Crippen LogP contribution is -2.22. The largest absolute Gasteiger partial charge is 0.309 e. The molecule has 170 valence electrons. The third kappa shape index (κ3) is 4.20. The number of para-hydroxylation sites is 3. The highest BCUT2D eigenvalue weighted by molar-refractivity contribution is 7.90. The Hall–Kier alpha value is -4.24. The van der Waals surface area contributed by atoms with Gasteiger partial charge >= 0.3 is 0 Å². The molecule has 0 saturated heterocycles. The molecule has 0 bridgehead atoms. The quantitative estimate of drug-likeness (QED) is 0.405. The summed E-state index contributed by atoms with van der Waals surface area (Å²) in [6.07, 6.45) is 1.08. The molecule has 0 spiro atoms. The zero-order valence-electron chi connectivity index (χ0n) is 18.3. The summed E-state index contributed by atoms with van der Waals surface area (Å²) in [6.45, 7) is -0.219. The summed E-state index contributed by atoms with van der Waals surface area (Å²) < 4.78 is 27.7. The van der Waals surface area contributed by atoms with Gasteiger partial charge in [0.25, 0.3) is 0 Å². The molecule has 8 nitrogen and oxygen atoms in total. The monoisotopic (exact) mass is 471 g/mol. The Morgan fingerprint density at radius 2 is 1.56 bits per heavy atom. The lowest BCUT2D eigenvalue weighted by Gasteiger charge is -2.11. The first kappa shape index (κ1) is 21.6. The molecule has 1 N–H and O–H groups in total. The van der Waals surface area contributed by atoms with Gasteiger partial charge in [0.2, 0.25) is 20.9 Å². The lowest BCUT2D eigenvalue weighted by atomic mass is 10.2. The summed E-state index contributed by atoms with van der Waals surface area (Å²) in [5.74, 6) is 0.0742. The van der Waals surface area contributed by atoms with Crippen molar-refractivity contribution in [2.45, 2.75) is 11.7 Å². The van der Waals surface area contributed by atoms with E-state index in [4.69, 9.17) is 5.10 Å². The summed E-state index contributed by atoms with van der Waals surface area (Å²) in [5.41, 5.74) is 3.47. The third-order valence-electron chi connectivity index (χ3n) is 5.30. The molecule has 34 heavy (non-hydrogen) atoms. The van der Waals surface area contributed by atoms with Gasteiger partial charge in [-0.15, -0.1) is 0 Å². The topological polar surface area (TPSA) is 98.9 Å². The molecule has 0 saturated carbocycles. The SMILES string of the molecule is CS(=O)(=O)c1nc2ccccc2n1CC(=O)Nc1cc(-c2ccccc2)nn1-c1ccccc1. The molecule has 0 aliphatic carbocycles. The van der Waals surface area contributed by atoms with Gasteiger partial charge < -0.3 is 9.88 Å². The third-order valence-corrected chi connectivity index (χ3v) is 6.28. The van der Waals surface area contributed by atoms with Crippen LogP contribution in [0.1, 0.15) is 0 Å². The van der Waals surface area contributed by atoms with Crippen molar-refractivity contribution >= 4 is 32.6 Å². The van der Waals surface area contributed by atoms with E-state index in [1.165, 1.54) is 4.57 Å². The highest BCUT2D eigenvalue weighted by Crippen LogP contribution is 2.25. The molecule has 5 aromatic rings. The number of anilines is 1. The molecule has 0 radical (unpaired) electrons. The van der Waals surface area contributed by atoms with Crippen molar-refractivity contribution in [3.05, 3.63) is 91.0 Å². The van der Waals surface area contributed by atoms with Crippen molar-refractivity contribution in [2.75, 3.05) is 11.6 Å². The van der Waals surface area contributed by atoms with Gasteiger partial charge in [-0.3, -0.25) is 4.79 Å². The summed E-state index contributed by atoms with van der Waals surface area (Å²) in [4.78, 5) is 17.4. The van der Waals surface area contributed by atoms with Gasteiger partial charge in [-0.2, -0.15) is 5.10 Å². The summed E-state index contributed by atoms with van der Waals surface area (Å²) >= 11 is 0. The number of aromatic nitrogens is 4. The fourth-order valence-corrected chi connectivity index (χ4v) is 4.63. The number of nitrogens with one attached hydrogen (secondary N) is 1. The standard InChI is InChI=1S/C25H21N5O3S/c1-34(32,33)25-26-20-14-8-9-15-22(20)29(25)17-24(31)27-23-16-21(18-10-4-2-5-11-18)28-30(23)19-12-6-3-7-13-19/h2-16H,17H2,1H3,(H,27,31). The highest BCUT2D eigenvalue weighted by Gasteiger charge is 2.22. The fraction of sp³-hybridized carbons (Fsp3) is 0.0800. The van der Waals surface area contributed by atoms with Gasteiger partial charge in [-0.1, -0.05) is 60.7 Å². The van der Waals surface area contributed by atoms with Crippen LogP contribution in [0.25, 0.3) is 28.0 Å². The summed E-state index contributed by atoms with van der Waals surface area (Å²) in [6, 6.07) is 27.9. The Morgan fingerprint density at radius 1 is 0.912 bits per heavy atom. The Morgan fingerprint density at radius 3 is 2.26 bits per heavy atom. The van der Waals surface area contributed by atoms with Crippen molar-refractivity contribution in [1.82, 2.24) is 19.3 Å². The van der Waals surface area contributed by atoms with E-state index in [1.54, 1.807) is 35.0 Å². The van der Waals surface area contributed by atoms with Gasteiger partial charge in [0.15, 0.2) is 0 Å². The van der Waals surface area contributed by atoms with E-state index >= 15 is 0 Å². The van der Waals surface area contributed by atoms with Crippen LogP contribution in [0, 0.1) is 0 Å². The average molecular weight is 472 g/mol. The maximum atomic E-state index is 13.1. The number of amides is 1. The van der Waals surface area contributed by atoms with E-state index in [0.717, 1.165) is 17.5 Å². The van der Waals surface area contributed by atoms with E-state index in [-0.39, 0.29) is 11.7 Å². The van der Waals surface area contributed by atoms with Crippen molar-refractivity contribution in [3.8, 4) is 16.9 Å². The van der Waals surface area contributed by atoms with Crippen LogP contribution in [0.5, 0.6) is 0 Å². The average Bonchev–Trinajstić information content (AvgIpc) is 3.42. The number of sulfone groups is 1. The number of hydrogen-bond donors (Lipinski definition) is 1. The number of carbonyl (C=O) groups excluding carboxylic acids is 1. The molecule has 9 heteroatoms. The molecule has 3 aromatic carbocycles. The molecule has 2 aromatic heterocycles. The molecule has 0 aliphatic rings. The molecular formula is C25H21N5O3S. The molecule has 0 atom stereocenters. The Kier molecular flexibility index (Phi) is 5.46. The van der Waals surface area contributed by atoms with Gasteiger partial charge in [-0.05, 0) is 24.3 Å². The highest BCUT2D eigenvalue weighted by atomic mass is 32.2. The van der Waals surface area contributed by atoms with Crippen LogP contribution in [0.3, 0.4) is 0 Å². The van der Waals surface area contributed by atoms with E-state index in [2.05, 4.69) is 10.3 Å². The van der Waals surface area contributed by atoms with E-state index in [1.807, 2.05) is 60.7 Å². The minimum atomic E-state index is -3.64.